The summed E-state index contributed by atoms with van der Waals surface area (Å²) in [6.45, 7) is 7.48. The fraction of sp³-hybridized carbons (Fsp3) is 0.318. The van der Waals surface area contributed by atoms with Crippen LogP contribution < -0.4 is 0 Å². The number of phenolic OH excluding ortho intramolecular Hbond substituents is 2. The molecule has 6 rings (SSSR count). The third-order valence-corrected chi connectivity index (χ3v) is 9.17. The highest BCUT2D eigenvalue weighted by molar-refractivity contribution is 5.50. The average Bonchev–Trinajstić information content (AvgIpc) is 3.14. The molecule has 1 saturated heterocycles. The van der Waals surface area contributed by atoms with E-state index in [1.54, 1.807) is 12.1 Å². The average molecular weight is 689 g/mol. The van der Waals surface area contributed by atoms with Gasteiger partial charge < -0.3 is 33.9 Å². The minimum Gasteiger partial charge on any atom is -0.507 e. The van der Waals surface area contributed by atoms with Gasteiger partial charge in [-0.1, -0.05) is 142 Å². The van der Waals surface area contributed by atoms with E-state index in [2.05, 4.69) is 0 Å². The third kappa shape index (κ3) is 9.64. The summed E-state index contributed by atoms with van der Waals surface area (Å²) in [5.74, 6) is -0.152. The second kappa shape index (κ2) is 17.1. The van der Waals surface area contributed by atoms with Crippen LogP contribution in [0.2, 0.25) is 0 Å². The van der Waals surface area contributed by atoms with Crippen LogP contribution >= 0.6 is 0 Å². The zero-order valence-corrected chi connectivity index (χ0v) is 29.6. The summed E-state index contributed by atoms with van der Waals surface area (Å²) in [4.78, 5) is 0. The maximum absolute atomic E-state index is 11.6. The van der Waals surface area contributed by atoms with Gasteiger partial charge in [-0.2, -0.15) is 0 Å². The normalized spacial score (nSPS) is 20.6. The van der Waals surface area contributed by atoms with Gasteiger partial charge in [0.25, 0.3) is 0 Å². The van der Waals surface area contributed by atoms with Gasteiger partial charge in [-0.3, -0.25) is 0 Å². The summed E-state index contributed by atoms with van der Waals surface area (Å²) in [5, 5.41) is 23.2. The summed E-state index contributed by atoms with van der Waals surface area (Å²) in [6.07, 6.45) is -3.70. The van der Waals surface area contributed by atoms with Crippen LogP contribution in [0, 0.1) is 0 Å². The van der Waals surface area contributed by atoms with Crippen molar-refractivity contribution in [2.75, 3.05) is 6.61 Å². The van der Waals surface area contributed by atoms with Crippen molar-refractivity contribution in [3.8, 4) is 11.5 Å². The van der Waals surface area contributed by atoms with Crippen molar-refractivity contribution >= 4 is 0 Å². The summed E-state index contributed by atoms with van der Waals surface area (Å²) in [6, 6.07) is 43.2. The quantitative estimate of drug-likeness (QED) is 0.121. The van der Waals surface area contributed by atoms with Crippen LogP contribution in [0.1, 0.15) is 60.3 Å². The molecule has 5 aromatic carbocycles. The van der Waals surface area contributed by atoms with E-state index in [1.807, 2.05) is 142 Å². The van der Waals surface area contributed by atoms with E-state index in [0.717, 1.165) is 27.8 Å². The largest absolute Gasteiger partial charge is 0.507 e. The van der Waals surface area contributed by atoms with Crippen molar-refractivity contribution in [3.05, 3.63) is 167 Å². The highest BCUT2D eigenvalue weighted by Gasteiger charge is 2.50. The van der Waals surface area contributed by atoms with Crippen LogP contribution in [0.3, 0.4) is 0 Å². The zero-order chi connectivity index (χ0) is 35.6. The number of ether oxygens (including phenoxy) is 5. The molecule has 2 N–H and O–H groups in total. The molecule has 1 aliphatic heterocycles. The molecule has 5 atom stereocenters. The van der Waals surface area contributed by atoms with Crippen molar-refractivity contribution in [2.24, 2.45) is 0 Å². The van der Waals surface area contributed by atoms with Crippen LogP contribution in [-0.2, 0) is 55.5 Å². The summed E-state index contributed by atoms with van der Waals surface area (Å²) < 4.78 is 33.5. The summed E-state index contributed by atoms with van der Waals surface area (Å²) in [7, 11) is 0. The van der Waals surface area contributed by atoms with E-state index in [0.29, 0.717) is 13.2 Å². The van der Waals surface area contributed by atoms with Gasteiger partial charge in [-0.15, -0.1) is 0 Å². The first kappa shape index (κ1) is 36.3. The first-order chi connectivity index (χ1) is 24.8. The molecule has 51 heavy (non-hydrogen) atoms. The van der Waals surface area contributed by atoms with Gasteiger partial charge in [0, 0.05) is 0 Å². The van der Waals surface area contributed by atoms with Crippen LogP contribution in [0.25, 0.3) is 0 Å². The summed E-state index contributed by atoms with van der Waals surface area (Å²) >= 11 is 0. The van der Waals surface area contributed by atoms with Crippen LogP contribution in [-0.4, -0.2) is 41.2 Å². The smallest absolute Gasteiger partial charge is 0.125 e. The molecule has 0 radical (unpaired) electrons. The lowest BCUT2D eigenvalue weighted by Gasteiger charge is -2.46. The minimum absolute atomic E-state index is 0.0762. The van der Waals surface area contributed by atoms with Crippen molar-refractivity contribution < 1.29 is 33.9 Å². The third-order valence-electron chi connectivity index (χ3n) is 9.17. The molecule has 0 saturated carbocycles. The molecule has 7 nitrogen and oxygen atoms in total. The molecule has 0 amide bonds. The molecule has 7 heteroatoms. The topological polar surface area (TPSA) is 86.6 Å². The molecular weight excluding hydrogens is 640 g/mol. The Labute approximate surface area is 301 Å². The van der Waals surface area contributed by atoms with Gasteiger partial charge in [-0.05, 0) is 45.4 Å². The fourth-order valence-electron chi connectivity index (χ4n) is 6.37. The van der Waals surface area contributed by atoms with E-state index in [9.17, 15) is 10.2 Å². The Balaban J connectivity index is 1.41. The number of benzene rings is 5. The van der Waals surface area contributed by atoms with E-state index in [-0.39, 0.29) is 42.3 Å². The van der Waals surface area contributed by atoms with Gasteiger partial charge in [0.2, 0.25) is 0 Å². The van der Waals surface area contributed by atoms with E-state index in [1.165, 1.54) is 0 Å². The van der Waals surface area contributed by atoms with Gasteiger partial charge in [0.15, 0.2) is 0 Å². The maximum atomic E-state index is 11.6. The van der Waals surface area contributed by atoms with Gasteiger partial charge >= 0.3 is 0 Å². The van der Waals surface area contributed by atoms with Gasteiger partial charge in [0.1, 0.15) is 42.0 Å². The van der Waals surface area contributed by atoms with Gasteiger partial charge in [0.05, 0.1) is 38.6 Å². The van der Waals surface area contributed by atoms with E-state index >= 15 is 0 Å². The lowest BCUT2D eigenvalue weighted by molar-refractivity contribution is -0.275. The number of phenols is 2. The lowest BCUT2D eigenvalue weighted by Crippen LogP contribution is -2.58. The van der Waals surface area contributed by atoms with Crippen molar-refractivity contribution in [1.82, 2.24) is 0 Å². The first-order valence-electron chi connectivity index (χ1n) is 17.6. The van der Waals surface area contributed by atoms with E-state index < -0.39 is 30.5 Å². The van der Waals surface area contributed by atoms with Crippen LogP contribution in [0.15, 0.2) is 133 Å². The standard InChI is InChI=1S/C44H48O7/c1-44(2,3)35-24-36(45)39(37(46)25-35)41-43(50-29-34-22-14-7-15-23-34)42(49-28-33-20-12-6-13-21-33)40(48-27-32-18-10-5-11-19-32)38(51-41)30-47-26-31-16-8-4-9-17-31/h4-25,38,40-43,45-46H,26-30H2,1-3H3/t38-,40-,41+,42+,43+/m1/s1. The molecule has 1 fully saturated rings. The Morgan fingerprint density at radius 2 is 0.922 bits per heavy atom. The minimum atomic E-state index is -0.926. The van der Waals surface area contributed by atoms with Crippen LogP contribution in [0.5, 0.6) is 11.5 Å². The van der Waals surface area contributed by atoms with Gasteiger partial charge in [-0.25, -0.2) is 0 Å². The molecule has 5 aromatic rings. The molecule has 1 heterocycles. The summed E-state index contributed by atoms with van der Waals surface area (Å²) in [5.41, 5.74) is 4.70. The Bertz CT molecular complexity index is 1750. The number of aromatic hydroxyl groups is 2. The van der Waals surface area contributed by atoms with Crippen molar-refractivity contribution in [2.45, 2.75) is 83.1 Å². The highest BCUT2D eigenvalue weighted by atomic mass is 16.6. The Morgan fingerprint density at radius 1 is 0.529 bits per heavy atom. The molecule has 266 valence electrons. The monoisotopic (exact) mass is 688 g/mol. The fourth-order valence-corrected chi connectivity index (χ4v) is 6.37. The molecule has 0 bridgehead atoms. The number of hydrogen-bond donors (Lipinski definition) is 2. The number of rotatable bonds is 14. The Morgan fingerprint density at radius 3 is 1.35 bits per heavy atom. The van der Waals surface area contributed by atoms with E-state index in [4.69, 9.17) is 23.7 Å². The van der Waals surface area contributed by atoms with Crippen LogP contribution in [0.4, 0.5) is 0 Å². The molecule has 0 aromatic heterocycles. The maximum Gasteiger partial charge on any atom is 0.125 e. The Kier molecular flexibility index (Phi) is 12.2. The predicted molar refractivity (Wildman–Crippen MR) is 197 cm³/mol. The molecular formula is C44H48O7. The zero-order valence-electron chi connectivity index (χ0n) is 29.6. The second-order valence-electron chi connectivity index (χ2n) is 14.1. The lowest BCUT2D eigenvalue weighted by atomic mass is 9.84. The number of hydrogen-bond acceptors (Lipinski definition) is 7. The van der Waals surface area contributed by atoms with Crippen molar-refractivity contribution in [3.63, 3.8) is 0 Å². The second-order valence-corrected chi connectivity index (χ2v) is 14.1. The molecule has 0 unspecified atom stereocenters. The first-order valence-corrected chi connectivity index (χ1v) is 17.6. The SMILES string of the molecule is CC(C)(C)c1cc(O)c([C@@H]2O[C@H](COCc3ccccc3)[C@@H](OCc3ccccc3)[C@H](OCc3ccccc3)[C@H]2OCc2ccccc2)c(O)c1. The predicted octanol–water partition coefficient (Wildman–Crippen LogP) is 8.81. The molecule has 0 aliphatic carbocycles. The molecule has 0 spiro atoms. The molecule has 1 aliphatic rings. The highest BCUT2D eigenvalue weighted by Crippen LogP contribution is 2.46. The van der Waals surface area contributed by atoms with Crippen molar-refractivity contribution in [1.29, 1.82) is 0 Å². The Hall–Kier alpha value is -4.50.